The number of carbonyl (C=O) groups is 1. The Kier molecular flexibility index (Phi) is 3.08. The van der Waals surface area contributed by atoms with Gasteiger partial charge in [0.15, 0.2) is 0 Å². The van der Waals surface area contributed by atoms with Crippen molar-refractivity contribution in [1.29, 1.82) is 0 Å². The molecule has 0 spiro atoms. The summed E-state index contributed by atoms with van der Waals surface area (Å²) >= 11 is 6.10. The van der Waals surface area contributed by atoms with Crippen molar-refractivity contribution in [2.75, 3.05) is 0 Å². The molecule has 0 radical (unpaired) electrons. The number of carboxylic acids is 1. The number of para-hydroxylation sites is 1. The van der Waals surface area contributed by atoms with Crippen molar-refractivity contribution < 1.29 is 9.90 Å². The molecule has 0 aliphatic rings. The van der Waals surface area contributed by atoms with E-state index in [4.69, 9.17) is 11.6 Å². The van der Waals surface area contributed by atoms with Gasteiger partial charge in [-0.3, -0.25) is 4.98 Å². The van der Waals surface area contributed by atoms with E-state index in [2.05, 4.69) is 9.97 Å². The maximum absolute atomic E-state index is 11.3. The Balaban J connectivity index is 2.36. The van der Waals surface area contributed by atoms with Gasteiger partial charge in [0, 0.05) is 28.9 Å². The Morgan fingerprint density at radius 1 is 1.20 bits per heavy atom. The molecule has 0 unspecified atom stereocenters. The molecule has 98 valence electrons. The second kappa shape index (κ2) is 4.90. The van der Waals surface area contributed by atoms with E-state index in [9.17, 15) is 9.90 Å². The van der Waals surface area contributed by atoms with Gasteiger partial charge in [-0.15, -0.1) is 0 Å². The lowest BCUT2D eigenvalue weighted by molar-refractivity contribution is -0.254. The Labute approximate surface area is 119 Å². The highest BCUT2D eigenvalue weighted by Gasteiger charge is 2.10. The molecule has 2 heterocycles. The van der Waals surface area contributed by atoms with E-state index in [1.165, 1.54) is 6.07 Å². The first-order valence-electron chi connectivity index (χ1n) is 5.88. The van der Waals surface area contributed by atoms with E-state index >= 15 is 0 Å². The molecule has 1 aromatic carbocycles. The van der Waals surface area contributed by atoms with Crippen LogP contribution in [0.3, 0.4) is 0 Å². The van der Waals surface area contributed by atoms with Crippen molar-refractivity contribution in [3.8, 4) is 11.3 Å². The standard InChI is InChI=1S/C15H9ClN2O2/c16-12-5-1-4-10-11(15(19)20)7-13(18-14(10)12)9-3-2-6-17-8-9/h1-8H,(H,19,20)/p-1. The van der Waals surface area contributed by atoms with E-state index in [-0.39, 0.29) is 5.56 Å². The Morgan fingerprint density at radius 2 is 2.05 bits per heavy atom. The lowest BCUT2D eigenvalue weighted by Gasteiger charge is -2.11. The summed E-state index contributed by atoms with van der Waals surface area (Å²) in [5, 5.41) is 12.2. The molecule has 4 nitrogen and oxygen atoms in total. The topological polar surface area (TPSA) is 65.9 Å². The third-order valence-corrected chi connectivity index (χ3v) is 3.27. The van der Waals surface area contributed by atoms with Gasteiger partial charge in [-0.05, 0) is 24.3 Å². The first-order chi connectivity index (χ1) is 9.66. The van der Waals surface area contributed by atoms with Gasteiger partial charge in [-0.1, -0.05) is 23.7 Å². The van der Waals surface area contributed by atoms with Gasteiger partial charge >= 0.3 is 0 Å². The maximum Gasteiger partial charge on any atom is 0.0902 e. The number of halogens is 1. The first-order valence-corrected chi connectivity index (χ1v) is 6.25. The molecule has 0 aliphatic heterocycles. The monoisotopic (exact) mass is 283 g/mol. The molecule has 0 amide bonds. The van der Waals surface area contributed by atoms with E-state index < -0.39 is 5.97 Å². The van der Waals surface area contributed by atoms with Crippen molar-refractivity contribution in [1.82, 2.24) is 9.97 Å². The quantitative estimate of drug-likeness (QED) is 0.724. The molecule has 0 bridgehead atoms. The lowest BCUT2D eigenvalue weighted by atomic mass is 10.1. The third kappa shape index (κ3) is 2.10. The summed E-state index contributed by atoms with van der Waals surface area (Å²) < 4.78 is 0. The number of carboxylic acid groups (broad SMARTS) is 1. The predicted molar refractivity (Wildman–Crippen MR) is 74.3 cm³/mol. The number of pyridine rings is 2. The summed E-state index contributed by atoms with van der Waals surface area (Å²) in [4.78, 5) is 19.7. The number of hydrogen-bond donors (Lipinski definition) is 0. The zero-order valence-electron chi connectivity index (χ0n) is 10.2. The first kappa shape index (κ1) is 12.6. The average Bonchev–Trinajstić information content (AvgIpc) is 2.47. The van der Waals surface area contributed by atoms with Gasteiger partial charge in [0.1, 0.15) is 0 Å². The van der Waals surface area contributed by atoms with Crippen LogP contribution in [-0.2, 0) is 0 Å². The molecule has 20 heavy (non-hydrogen) atoms. The summed E-state index contributed by atoms with van der Waals surface area (Å²) in [7, 11) is 0. The maximum atomic E-state index is 11.3. The number of rotatable bonds is 2. The zero-order valence-corrected chi connectivity index (χ0v) is 11.0. The van der Waals surface area contributed by atoms with Gasteiger partial charge < -0.3 is 9.90 Å². The number of nitrogens with zero attached hydrogens (tertiary/aromatic N) is 2. The summed E-state index contributed by atoms with van der Waals surface area (Å²) in [6.07, 6.45) is 3.25. The fourth-order valence-electron chi connectivity index (χ4n) is 2.04. The number of aromatic nitrogens is 2. The van der Waals surface area contributed by atoms with Crippen LogP contribution in [0.2, 0.25) is 5.02 Å². The Morgan fingerprint density at radius 3 is 2.75 bits per heavy atom. The highest BCUT2D eigenvalue weighted by atomic mass is 35.5. The van der Waals surface area contributed by atoms with Gasteiger partial charge in [0.2, 0.25) is 0 Å². The van der Waals surface area contributed by atoms with Crippen LogP contribution in [0.15, 0.2) is 48.8 Å². The fraction of sp³-hybridized carbons (Fsp3) is 0. The highest BCUT2D eigenvalue weighted by Crippen LogP contribution is 2.28. The number of fused-ring (bicyclic) bond motifs is 1. The summed E-state index contributed by atoms with van der Waals surface area (Å²) in [5.41, 5.74) is 1.72. The molecular formula is C15H8ClN2O2-. The molecule has 5 heteroatoms. The molecule has 0 saturated carbocycles. The Hall–Kier alpha value is -2.46. The third-order valence-electron chi connectivity index (χ3n) is 2.97. The van der Waals surface area contributed by atoms with Gasteiger partial charge in [-0.2, -0.15) is 0 Å². The van der Waals surface area contributed by atoms with Crippen LogP contribution in [0.25, 0.3) is 22.2 Å². The van der Waals surface area contributed by atoms with Crippen molar-refractivity contribution >= 4 is 28.5 Å². The zero-order chi connectivity index (χ0) is 14.1. The van der Waals surface area contributed by atoms with Crippen molar-refractivity contribution in [2.45, 2.75) is 0 Å². The minimum Gasteiger partial charge on any atom is -0.545 e. The Bertz CT molecular complexity index is 804. The van der Waals surface area contributed by atoms with Crippen LogP contribution in [0.5, 0.6) is 0 Å². The molecule has 0 aliphatic carbocycles. The molecule has 0 saturated heterocycles. The van der Waals surface area contributed by atoms with Crippen LogP contribution < -0.4 is 5.11 Å². The van der Waals surface area contributed by atoms with Crippen LogP contribution in [-0.4, -0.2) is 15.9 Å². The van der Waals surface area contributed by atoms with Crippen molar-refractivity contribution in [2.24, 2.45) is 0 Å². The normalized spacial score (nSPS) is 10.7. The largest absolute Gasteiger partial charge is 0.545 e. The predicted octanol–water partition coefficient (Wildman–Crippen LogP) is 2.31. The SMILES string of the molecule is O=C([O-])c1cc(-c2cccnc2)nc2c(Cl)cccc12. The highest BCUT2D eigenvalue weighted by molar-refractivity contribution is 6.35. The van der Waals surface area contributed by atoms with Crippen molar-refractivity contribution in [3.05, 3.63) is 59.4 Å². The number of aromatic carboxylic acids is 1. The lowest BCUT2D eigenvalue weighted by Crippen LogP contribution is -2.22. The molecule has 3 aromatic rings. The van der Waals surface area contributed by atoms with Crippen LogP contribution in [0.1, 0.15) is 10.4 Å². The van der Waals surface area contributed by atoms with Gasteiger partial charge in [0.25, 0.3) is 0 Å². The molecule has 0 fully saturated rings. The van der Waals surface area contributed by atoms with Gasteiger partial charge in [-0.25, -0.2) is 4.98 Å². The molecule has 2 aromatic heterocycles. The summed E-state index contributed by atoms with van der Waals surface area (Å²) in [5.74, 6) is -1.26. The summed E-state index contributed by atoms with van der Waals surface area (Å²) in [6, 6.07) is 10.0. The molecule has 3 rings (SSSR count). The summed E-state index contributed by atoms with van der Waals surface area (Å²) in [6.45, 7) is 0. The van der Waals surface area contributed by atoms with Crippen LogP contribution in [0, 0.1) is 0 Å². The smallest absolute Gasteiger partial charge is 0.0902 e. The van der Waals surface area contributed by atoms with Crippen LogP contribution in [0.4, 0.5) is 0 Å². The fourth-order valence-corrected chi connectivity index (χ4v) is 2.26. The second-order valence-electron chi connectivity index (χ2n) is 4.22. The molecule has 0 atom stereocenters. The van der Waals surface area contributed by atoms with Crippen molar-refractivity contribution in [3.63, 3.8) is 0 Å². The van der Waals surface area contributed by atoms with Crippen LogP contribution >= 0.6 is 11.6 Å². The minimum atomic E-state index is -1.26. The number of benzene rings is 1. The van der Waals surface area contributed by atoms with E-state index in [1.807, 2.05) is 0 Å². The van der Waals surface area contributed by atoms with E-state index in [0.29, 0.717) is 21.6 Å². The number of carbonyl (C=O) groups excluding carboxylic acids is 1. The average molecular weight is 284 g/mol. The molecular weight excluding hydrogens is 276 g/mol. The van der Waals surface area contributed by atoms with Gasteiger partial charge in [0.05, 0.1) is 22.2 Å². The minimum absolute atomic E-state index is 0.0661. The molecule has 0 N–H and O–H groups in total. The van der Waals surface area contributed by atoms with E-state index in [0.717, 1.165) is 5.56 Å². The van der Waals surface area contributed by atoms with E-state index in [1.54, 1.807) is 42.7 Å². The number of hydrogen-bond acceptors (Lipinski definition) is 4. The second-order valence-corrected chi connectivity index (χ2v) is 4.63.